The Bertz CT molecular complexity index is 572. The van der Waals surface area contributed by atoms with Crippen LogP contribution in [-0.2, 0) is 19.2 Å². The molecule has 1 rings (SSSR count). The Morgan fingerprint density at radius 3 is 2.57 bits per heavy atom. The first-order valence-corrected chi connectivity index (χ1v) is 7.59. The van der Waals surface area contributed by atoms with Crippen LogP contribution in [0.25, 0.3) is 0 Å². The number of hydrogen-bond donors (Lipinski definition) is 1. The molecule has 0 bridgehead atoms. The van der Waals surface area contributed by atoms with Crippen molar-refractivity contribution in [2.75, 3.05) is 7.11 Å². The van der Waals surface area contributed by atoms with Crippen molar-refractivity contribution in [2.45, 2.75) is 47.0 Å². The van der Waals surface area contributed by atoms with Crippen LogP contribution in [0.1, 0.15) is 47.0 Å². The number of oxime groups is 1. The van der Waals surface area contributed by atoms with Crippen molar-refractivity contribution in [1.29, 1.82) is 0 Å². The second-order valence-corrected chi connectivity index (χ2v) is 6.39. The van der Waals surface area contributed by atoms with Crippen molar-refractivity contribution in [3.8, 4) is 0 Å². The van der Waals surface area contributed by atoms with Crippen molar-refractivity contribution < 1.29 is 24.3 Å². The lowest BCUT2D eigenvalue weighted by Gasteiger charge is -2.36. The standard InChI is InChI=1S/C17H25NO5/c1-7-8-11(18-23-10(2)3)13-12(19)9-17(4,5)14(15(13)20)16(21)22-6/h14,20H,2,7-9H2,1,3-6H3. The lowest BCUT2D eigenvalue weighted by atomic mass is 9.67. The number of Topliss-reactive ketones (excluding diaryl/α,β-unsaturated/α-hetero) is 1. The summed E-state index contributed by atoms with van der Waals surface area (Å²) in [5.74, 6) is -1.67. The number of rotatable bonds is 6. The fourth-order valence-corrected chi connectivity index (χ4v) is 2.70. The summed E-state index contributed by atoms with van der Waals surface area (Å²) < 4.78 is 4.79. The highest BCUT2D eigenvalue weighted by Gasteiger charge is 2.47. The van der Waals surface area contributed by atoms with Crippen LogP contribution in [0.2, 0.25) is 0 Å². The van der Waals surface area contributed by atoms with E-state index in [4.69, 9.17) is 9.57 Å². The average Bonchev–Trinajstić information content (AvgIpc) is 2.42. The summed E-state index contributed by atoms with van der Waals surface area (Å²) in [7, 11) is 1.26. The highest BCUT2D eigenvalue weighted by Crippen LogP contribution is 2.42. The first-order chi connectivity index (χ1) is 10.7. The summed E-state index contributed by atoms with van der Waals surface area (Å²) >= 11 is 0. The van der Waals surface area contributed by atoms with Crippen molar-refractivity contribution in [1.82, 2.24) is 0 Å². The van der Waals surface area contributed by atoms with Crippen LogP contribution in [0.3, 0.4) is 0 Å². The number of nitrogens with zero attached hydrogens (tertiary/aromatic N) is 1. The molecule has 1 N–H and O–H groups in total. The van der Waals surface area contributed by atoms with E-state index in [0.29, 0.717) is 24.3 Å². The second kappa shape index (κ2) is 7.44. The maximum Gasteiger partial charge on any atom is 0.316 e. The molecule has 1 aliphatic carbocycles. The maximum atomic E-state index is 12.5. The number of allylic oxidation sites excluding steroid dienone is 2. The van der Waals surface area contributed by atoms with Crippen LogP contribution >= 0.6 is 0 Å². The summed E-state index contributed by atoms with van der Waals surface area (Å²) in [5.41, 5.74) is -0.352. The number of hydrogen-bond acceptors (Lipinski definition) is 6. The van der Waals surface area contributed by atoms with Crippen molar-refractivity contribution in [2.24, 2.45) is 16.5 Å². The van der Waals surface area contributed by atoms with Gasteiger partial charge in [0, 0.05) is 6.42 Å². The van der Waals surface area contributed by atoms with E-state index in [2.05, 4.69) is 11.7 Å². The summed E-state index contributed by atoms with van der Waals surface area (Å²) in [6.07, 6.45) is 1.25. The molecule has 0 aromatic carbocycles. The van der Waals surface area contributed by atoms with Gasteiger partial charge in [-0.1, -0.05) is 38.9 Å². The fourth-order valence-electron chi connectivity index (χ4n) is 2.70. The van der Waals surface area contributed by atoms with Crippen molar-refractivity contribution >= 4 is 17.5 Å². The fraction of sp³-hybridized carbons (Fsp3) is 0.588. The van der Waals surface area contributed by atoms with E-state index in [1.807, 2.05) is 6.92 Å². The molecule has 0 aliphatic heterocycles. The normalized spacial score (nSPS) is 21.2. The van der Waals surface area contributed by atoms with E-state index in [9.17, 15) is 14.7 Å². The van der Waals surface area contributed by atoms with Gasteiger partial charge in [0.1, 0.15) is 17.4 Å². The van der Waals surface area contributed by atoms with E-state index in [1.165, 1.54) is 7.11 Å². The molecule has 23 heavy (non-hydrogen) atoms. The molecule has 0 saturated carbocycles. The Morgan fingerprint density at radius 1 is 1.48 bits per heavy atom. The zero-order chi connectivity index (χ0) is 17.8. The Kier molecular flexibility index (Phi) is 6.12. The van der Waals surface area contributed by atoms with Crippen LogP contribution in [0.4, 0.5) is 0 Å². The number of ketones is 1. The minimum absolute atomic E-state index is 0.0582. The highest BCUT2D eigenvalue weighted by atomic mass is 16.6. The van der Waals surface area contributed by atoms with Gasteiger partial charge in [0.25, 0.3) is 0 Å². The number of carbonyl (C=O) groups excluding carboxylic acids is 2. The van der Waals surface area contributed by atoms with Gasteiger partial charge in [-0.05, 0) is 18.8 Å². The molecule has 0 amide bonds. The van der Waals surface area contributed by atoms with E-state index in [-0.39, 0.29) is 23.5 Å². The molecule has 0 aromatic rings. The number of esters is 1. The van der Waals surface area contributed by atoms with Gasteiger partial charge in [-0.2, -0.15) is 0 Å². The molecular formula is C17H25NO5. The Balaban J connectivity index is 3.43. The Morgan fingerprint density at radius 2 is 2.09 bits per heavy atom. The molecule has 0 heterocycles. The molecule has 1 aliphatic rings. The Hall–Kier alpha value is -2.11. The minimum Gasteiger partial charge on any atom is -0.511 e. The number of carbonyl (C=O) groups is 2. The maximum absolute atomic E-state index is 12.5. The molecule has 6 nitrogen and oxygen atoms in total. The first kappa shape index (κ1) is 18.9. The molecule has 0 radical (unpaired) electrons. The highest BCUT2D eigenvalue weighted by molar-refractivity contribution is 6.23. The number of ether oxygens (including phenoxy) is 1. The summed E-state index contributed by atoms with van der Waals surface area (Å²) in [6.45, 7) is 10.6. The molecule has 1 atom stereocenters. The third-order valence-corrected chi connectivity index (χ3v) is 3.73. The van der Waals surface area contributed by atoms with Crippen LogP contribution in [0.5, 0.6) is 0 Å². The molecular weight excluding hydrogens is 298 g/mol. The lowest BCUT2D eigenvalue weighted by Crippen LogP contribution is -2.41. The predicted octanol–water partition coefficient (Wildman–Crippen LogP) is 3.29. The van der Waals surface area contributed by atoms with Gasteiger partial charge in [-0.15, -0.1) is 0 Å². The van der Waals surface area contributed by atoms with Gasteiger partial charge in [0.15, 0.2) is 5.78 Å². The van der Waals surface area contributed by atoms with E-state index in [1.54, 1.807) is 20.8 Å². The summed E-state index contributed by atoms with van der Waals surface area (Å²) in [6, 6.07) is 0. The third kappa shape index (κ3) is 4.21. The molecule has 1 unspecified atom stereocenters. The SMILES string of the molecule is C=C(C)ON=C(CCC)C1=C(O)C(C(=O)OC)C(C)(C)CC1=O. The predicted molar refractivity (Wildman–Crippen MR) is 86.8 cm³/mol. The Labute approximate surface area is 136 Å². The summed E-state index contributed by atoms with van der Waals surface area (Å²) in [5, 5.41) is 14.5. The van der Waals surface area contributed by atoms with Gasteiger partial charge in [0.05, 0.1) is 18.4 Å². The zero-order valence-corrected chi connectivity index (χ0v) is 14.4. The molecule has 0 fully saturated rings. The zero-order valence-electron chi connectivity index (χ0n) is 14.4. The smallest absolute Gasteiger partial charge is 0.316 e. The summed E-state index contributed by atoms with van der Waals surface area (Å²) in [4.78, 5) is 29.6. The molecule has 0 aromatic heterocycles. The molecule has 0 saturated heterocycles. The van der Waals surface area contributed by atoms with E-state index >= 15 is 0 Å². The van der Waals surface area contributed by atoms with Crippen molar-refractivity contribution in [3.63, 3.8) is 0 Å². The number of methoxy groups -OCH3 is 1. The molecule has 0 spiro atoms. The van der Waals surface area contributed by atoms with Crippen LogP contribution in [-0.4, -0.2) is 29.7 Å². The van der Waals surface area contributed by atoms with Gasteiger partial charge in [0.2, 0.25) is 0 Å². The number of aliphatic hydroxyl groups is 1. The quantitative estimate of drug-likeness (QED) is 0.351. The average molecular weight is 323 g/mol. The van der Waals surface area contributed by atoms with Gasteiger partial charge in [-0.25, -0.2) is 0 Å². The van der Waals surface area contributed by atoms with Gasteiger partial charge >= 0.3 is 5.97 Å². The van der Waals surface area contributed by atoms with Crippen LogP contribution in [0, 0.1) is 11.3 Å². The first-order valence-electron chi connectivity index (χ1n) is 7.59. The van der Waals surface area contributed by atoms with Gasteiger partial charge in [-0.3, -0.25) is 9.59 Å². The topological polar surface area (TPSA) is 85.2 Å². The monoisotopic (exact) mass is 323 g/mol. The largest absolute Gasteiger partial charge is 0.511 e. The number of aliphatic hydroxyl groups excluding tert-OH is 1. The lowest BCUT2D eigenvalue weighted by molar-refractivity contribution is -0.150. The third-order valence-electron chi connectivity index (χ3n) is 3.73. The molecule has 6 heteroatoms. The van der Waals surface area contributed by atoms with Crippen LogP contribution < -0.4 is 0 Å². The minimum atomic E-state index is -0.910. The van der Waals surface area contributed by atoms with E-state index in [0.717, 1.165) is 0 Å². The second-order valence-electron chi connectivity index (χ2n) is 6.39. The van der Waals surface area contributed by atoms with Gasteiger partial charge < -0.3 is 14.7 Å². The van der Waals surface area contributed by atoms with Crippen molar-refractivity contribution in [3.05, 3.63) is 23.7 Å². The molecule has 128 valence electrons. The van der Waals surface area contributed by atoms with Crippen LogP contribution in [0.15, 0.2) is 28.8 Å². The van der Waals surface area contributed by atoms with E-state index < -0.39 is 17.3 Å².